The van der Waals surface area contributed by atoms with Gasteiger partial charge in [-0.15, -0.1) is 12.3 Å². The van der Waals surface area contributed by atoms with Gasteiger partial charge in [0.15, 0.2) is 0 Å². The van der Waals surface area contributed by atoms with Gasteiger partial charge in [-0.3, -0.25) is 0 Å². The number of benzene rings is 1. The van der Waals surface area contributed by atoms with E-state index < -0.39 is 10.0 Å². The van der Waals surface area contributed by atoms with Crippen molar-refractivity contribution in [1.29, 1.82) is 0 Å². The number of rotatable bonds is 7. The SMILES string of the molecule is C#CCC(CC)NS(=O)(=O)c1cc(CC)cc(N)c1CC. The van der Waals surface area contributed by atoms with E-state index >= 15 is 0 Å². The van der Waals surface area contributed by atoms with Crippen LogP contribution in [0.2, 0.25) is 0 Å². The standard InChI is InChI=1S/C16H24N2O2S/c1-5-9-13(7-3)18-21(19,20)16-11-12(6-2)10-15(17)14(16)8-4/h1,10-11,13,18H,6-9,17H2,2-4H3. The van der Waals surface area contributed by atoms with E-state index in [-0.39, 0.29) is 10.9 Å². The molecule has 0 fully saturated rings. The number of hydrogen-bond donors (Lipinski definition) is 2. The molecule has 0 spiro atoms. The van der Waals surface area contributed by atoms with Crippen LogP contribution in [0.25, 0.3) is 0 Å². The lowest BCUT2D eigenvalue weighted by molar-refractivity contribution is 0.543. The zero-order chi connectivity index (χ0) is 16.0. The number of nitrogen functional groups attached to an aromatic ring is 1. The van der Waals surface area contributed by atoms with Crippen LogP contribution in [0.5, 0.6) is 0 Å². The van der Waals surface area contributed by atoms with Gasteiger partial charge in [-0.05, 0) is 42.5 Å². The highest BCUT2D eigenvalue weighted by Gasteiger charge is 2.23. The molecule has 0 aliphatic heterocycles. The molecule has 116 valence electrons. The summed E-state index contributed by atoms with van der Waals surface area (Å²) in [5, 5.41) is 0. The minimum Gasteiger partial charge on any atom is -0.398 e. The Morgan fingerprint density at radius 3 is 2.43 bits per heavy atom. The third-order valence-electron chi connectivity index (χ3n) is 3.53. The minimum atomic E-state index is -3.62. The summed E-state index contributed by atoms with van der Waals surface area (Å²) >= 11 is 0. The van der Waals surface area contributed by atoms with Gasteiger partial charge in [0.1, 0.15) is 0 Å². The molecule has 3 N–H and O–H groups in total. The Hall–Kier alpha value is -1.51. The van der Waals surface area contributed by atoms with Crippen molar-refractivity contribution in [3.63, 3.8) is 0 Å². The number of terminal acetylenes is 1. The van der Waals surface area contributed by atoms with Gasteiger partial charge in [0.25, 0.3) is 0 Å². The lowest BCUT2D eigenvalue weighted by Crippen LogP contribution is -2.34. The number of nitrogens with two attached hydrogens (primary N) is 1. The number of anilines is 1. The maximum Gasteiger partial charge on any atom is 0.241 e. The lowest BCUT2D eigenvalue weighted by atomic mass is 10.1. The molecule has 21 heavy (non-hydrogen) atoms. The maximum absolute atomic E-state index is 12.6. The van der Waals surface area contributed by atoms with Gasteiger partial charge in [-0.2, -0.15) is 0 Å². The molecule has 0 heterocycles. The van der Waals surface area contributed by atoms with Gasteiger partial charge in [0.2, 0.25) is 10.0 Å². The summed E-state index contributed by atoms with van der Waals surface area (Å²) in [6.07, 6.45) is 7.61. The Morgan fingerprint density at radius 2 is 1.95 bits per heavy atom. The molecule has 0 aliphatic rings. The molecule has 0 radical (unpaired) electrons. The van der Waals surface area contributed by atoms with Crippen LogP contribution in [0.1, 0.15) is 44.7 Å². The first-order valence-electron chi connectivity index (χ1n) is 7.26. The highest BCUT2D eigenvalue weighted by Crippen LogP contribution is 2.25. The second-order valence-electron chi connectivity index (χ2n) is 5.00. The second-order valence-corrected chi connectivity index (χ2v) is 6.69. The highest BCUT2D eigenvalue weighted by molar-refractivity contribution is 7.89. The topological polar surface area (TPSA) is 72.2 Å². The summed E-state index contributed by atoms with van der Waals surface area (Å²) in [6, 6.07) is 3.30. The average Bonchev–Trinajstić information content (AvgIpc) is 2.45. The van der Waals surface area contributed by atoms with Crippen molar-refractivity contribution < 1.29 is 8.42 Å². The van der Waals surface area contributed by atoms with E-state index in [4.69, 9.17) is 12.2 Å². The van der Waals surface area contributed by atoms with E-state index in [0.717, 1.165) is 12.0 Å². The van der Waals surface area contributed by atoms with Gasteiger partial charge in [0, 0.05) is 18.2 Å². The molecule has 1 aromatic rings. The maximum atomic E-state index is 12.6. The number of sulfonamides is 1. The predicted octanol–water partition coefficient (Wildman–Crippen LogP) is 2.47. The van der Waals surface area contributed by atoms with Crippen LogP contribution in [-0.2, 0) is 22.9 Å². The molecule has 0 saturated carbocycles. The van der Waals surface area contributed by atoms with E-state index in [2.05, 4.69) is 10.6 Å². The van der Waals surface area contributed by atoms with Crippen molar-refractivity contribution in [2.75, 3.05) is 5.73 Å². The number of hydrogen-bond acceptors (Lipinski definition) is 3. The van der Waals surface area contributed by atoms with E-state index in [1.165, 1.54) is 0 Å². The van der Waals surface area contributed by atoms with E-state index in [1.807, 2.05) is 26.8 Å². The van der Waals surface area contributed by atoms with Crippen molar-refractivity contribution in [3.05, 3.63) is 23.3 Å². The van der Waals surface area contributed by atoms with Crippen LogP contribution < -0.4 is 10.5 Å². The summed E-state index contributed by atoms with van der Waals surface area (Å²) in [6.45, 7) is 5.77. The average molecular weight is 308 g/mol. The first-order valence-corrected chi connectivity index (χ1v) is 8.74. The molecular weight excluding hydrogens is 284 g/mol. The Balaban J connectivity index is 3.30. The molecule has 1 aromatic carbocycles. The number of aryl methyl sites for hydroxylation is 1. The van der Waals surface area contributed by atoms with Gasteiger partial charge in [-0.1, -0.05) is 20.8 Å². The lowest BCUT2D eigenvalue weighted by Gasteiger charge is -2.18. The monoisotopic (exact) mass is 308 g/mol. The highest BCUT2D eigenvalue weighted by atomic mass is 32.2. The fourth-order valence-electron chi connectivity index (χ4n) is 2.24. The molecule has 1 rings (SSSR count). The summed E-state index contributed by atoms with van der Waals surface area (Å²) in [5.74, 6) is 2.50. The molecule has 0 bridgehead atoms. The Labute approximate surface area is 128 Å². The van der Waals surface area contributed by atoms with Gasteiger partial charge in [-0.25, -0.2) is 13.1 Å². The van der Waals surface area contributed by atoms with E-state index in [9.17, 15) is 8.42 Å². The Bertz CT molecular complexity index is 630. The van der Waals surface area contributed by atoms with Crippen LogP contribution in [0, 0.1) is 12.3 Å². The van der Waals surface area contributed by atoms with Crippen LogP contribution >= 0.6 is 0 Å². The molecule has 0 saturated heterocycles. The minimum absolute atomic E-state index is 0.254. The van der Waals surface area contributed by atoms with Crippen LogP contribution in [-0.4, -0.2) is 14.5 Å². The zero-order valence-electron chi connectivity index (χ0n) is 12.9. The van der Waals surface area contributed by atoms with Crippen molar-refractivity contribution >= 4 is 15.7 Å². The molecule has 0 amide bonds. The fraction of sp³-hybridized carbons (Fsp3) is 0.500. The normalized spacial score (nSPS) is 12.9. The molecule has 0 aliphatic carbocycles. The van der Waals surface area contributed by atoms with Crippen molar-refractivity contribution in [2.24, 2.45) is 0 Å². The van der Waals surface area contributed by atoms with Crippen LogP contribution in [0.4, 0.5) is 5.69 Å². The van der Waals surface area contributed by atoms with Gasteiger partial charge in [0.05, 0.1) is 4.90 Å². The predicted molar refractivity (Wildman–Crippen MR) is 87.5 cm³/mol. The van der Waals surface area contributed by atoms with Crippen LogP contribution in [0.3, 0.4) is 0 Å². The van der Waals surface area contributed by atoms with Crippen molar-refractivity contribution in [2.45, 2.75) is 57.4 Å². The summed E-state index contributed by atoms with van der Waals surface area (Å²) in [5.41, 5.74) is 8.11. The first-order chi connectivity index (χ1) is 9.89. The van der Waals surface area contributed by atoms with E-state index in [1.54, 1.807) is 6.07 Å². The molecule has 4 nitrogen and oxygen atoms in total. The quantitative estimate of drug-likeness (QED) is 0.600. The summed E-state index contributed by atoms with van der Waals surface area (Å²) in [7, 11) is -3.62. The number of nitrogens with one attached hydrogen (secondary N) is 1. The van der Waals surface area contributed by atoms with Crippen molar-refractivity contribution in [3.8, 4) is 12.3 Å². The third-order valence-corrected chi connectivity index (χ3v) is 5.12. The fourth-order valence-corrected chi connectivity index (χ4v) is 3.95. The summed E-state index contributed by atoms with van der Waals surface area (Å²) in [4.78, 5) is 0.275. The molecular formula is C16H24N2O2S. The van der Waals surface area contributed by atoms with E-state index in [0.29, 0.717) is 30.5 Å². The zero-order valence-corrected chi connectivity index (χ0v) is 13.8. The Morgan fingerprint density at radius 1 is 1.29 bits per heavy atom. The summed E-state index contributed by atoms with van der Waals surface area (Å²) < 4.78 is 28.0. The molecule has 1 unspecified atom stereocenters. The van der Waals surface area contributed by atoms with Gasteiger partial charge < -0.3 is 5.73 Å². The second kappa shape index (κ2) is 7.48. The van der Waals surface area contributed by atoms with Crippen LogP contribution in [0.15, 0.2) is 17.0 Å². The largest absolute Gasteiger partial charge is 0.398 e. The van der Waals surface area contributed by atoms with Gasteiger partial charge >= 0.3 is 0 Å². The van der Waals surface area contributed by atoms with Crippen molar-refractivity contribution in [1.82, 2.24) is 4.72 Å². The molecule has 0 aromatic heterocycles. The first kappa shape index (κ1) is 17.5. The third kappa shape index (κ3) is 4.23. The smallest absolute Gasteiger partial charge is 0.241 e. The molecule has 1 atom stereocenters. The Kier molecular flexibility index (Phi) is 6.25. The molecule has 5 heteroatoms.